The van der Waals surface area contributed by atoms with E-state index in [-0.39, 0.29) is 31.9 Å². The first kappa shape index (κ1) is 45.5. The molecule has 11 aromatic rings. The van der Waals surface area contributed by atoms with E-state index in [0.29, 0.717) is 0 Å². The number of fused-ring (bicyclic) bond motifs is 6. The largest absolute Gasteiger partial charge is 0.501 e. The molecule has 67 heavy (non-hydrogen) atoms. The number of imidazole rings is 1. The summed E-state index contributed by atoms with van der Waals surface area (Å²) in [5.41, 5.74) is 15.1. The molecule has 1 radical (unpaired) electrons. The van der Waals surface area contributed by atoms with Crippen LogP contribution in [-0.2, 0) is 20.1 Å². The average Bonchev–Trinajstić information content (AvgIpc) is 3.93. The SMILES string of the molecule is CC(C)c1cc(-c2ccccc2)cc(C(C)C)c1-n1c(-c2[c-]ccc3c2oc2cc(-c4ccccc4)ccc23)nc2ccc3ccccc3c21.C[Si](C)(C)c1ccc(-c2[c-]cccc2)nc1.[Ir]. The standard InChI is InChI=1S/C47H37N2O.C14H16NSi.Ir/c1-29(2)40-26-35(32-16-9-6-10-17-32)27-41(30(3)4)44(40)49-45-36-19-12-11-18-33(36)23-25-42(45)48-47(49)39-21-13-20-38-37-24-22-34(28-43(37)50-46(38)39)31-14-7-5-8-15-31;1-16(2,3)13-9-10-14(15-11-13)12-7-5-4-6-8-12;/h5-20,22-30H,1-4H3;4-7,9-11H,1-3H3;/q2*-1;. The second-order valence-electron chi connectivity index (χ2n) is 18.8. The maximum Gasteiger partial charge on any atom is 0.121 e. The van der Waals surface area contributed by atoms with Crippen LogP contribution in [-0.4, -0.2) is 22.6 Å². The number of furan rings is 1. The summed E-state index contributed by atoms with van der Waals surface area (Å²) in [5.74, 6) is 1.35. The van der Waals surface area contributed by atoms with Crippen LogP contribution in [0.2, 0.25) is 19.6 Å². The Bertz CT molecular complexity index is 3470. The molecular weight excluding hydrogens is 1010 g/mol. The first-order valence-electron chi connectivity index (χ1n) is 23.0. The molecule has 0 unspecified atom stereocenters. The van der Waals surface area contributed by atoms with Gasteiger partial charge in [-0.25, -0.2) is 0 Å². The maximum atomic E-state index is 6.82. The monoisotopic (exact) mass is 1060 g/mol. The Balaban J connectivity index is 0.000000281. The molecule has 0 saturated carbocycles. The van der Waals surface area contributed by atoms with Gasteiger partial charge in [0.05, 0.1) is 30.5 Å². The second-order valence-corrected chi connectivity index (χ2v) is 23.9. The molecule has 0 fully saturated rings. The van der Waals surface area contributed by atoms with Crippen LogP contribution < -0.4 is 5.19 Å². The van der Waals surface area contributed by atoms with Gasteiger partial charge in [0, 0.05) is 42.8 Å². The van der Waals surface area contributed by atoms with Gasteiger partial charge in [-0.05, 0) is 85.7 Å². The van der Waals surface area contributed by atoms with E-state index in [1.54, 1.807) is 0 Å². The molecule has 0 aliphatic carbocycles. The maximum absolute atomic E-state index is 6.82. The van der Waals surface area contributed by atoms with Crippen molar-refractivity contribution in [1.82, 2.24) is 14.5 Å². The Morgan fingerprint density at radius 3 is 1.88 bits per heavy atom. The van der Waals surface area contributed by atoms with Crippen molar-refractivity contribution in [3.8, 4) is 50.6 Å². The average molecular weight is 1060 g/mol. The van der Waals surface area contributed by atoms with E-state index in [1.807, 2.05) is 42.6 Å². The third kappa shape index (κ3) is 8.85. The number of aromatic nitrogens is 3. The summed E-state index contributed by atoms with van der Waals surface area (Å²) < 4.78 is 9.24. The summed E-state index contributed by atoms with van der Waals surface area (Å²) in [5, 5.41) is 5.90. The smallest absolute Gasteiger partial charge is 0.121 e. The predicted molar refractivity (Wildman–Crippen MR) is 281 cm³/mol. The molecule has 0 aliphatic heterocycles. The number of rotatable bonds is 8. The fourth-order valence-electron chi connectivity index (χ4n) is 9.11. The molecule has 0 atom stereocenters. The van der Waals surface area contributed by atoms with E-state index >= 15 is 0 Å². The van der Waals surface area contributed by atoms with E-state index in [2.05, 4.69) is 209 Å². The topological polar surface area (TPSA) is 43.9 Å². The number of pyridine rings is 1. The van der Waals surface area contributed by atoms with Crippen LogP contribution in [0.25, 0.3) is 94.3 Å². The van der Waals surface area contributed by atoms with Crippen molar-refractivity contribution in [3.05, 3.63) is 205 Å². The van der Waals surface area contributed by atoms with Gasteiger partial charge in [0.25, 0.3) is 0 Å². The van der Waals surface area contributed by atoms with Gasteiger partial charge in [0.1, 0.15) is 5.58 Å². The van der Waals surface area contributed by atoms with E-state index < -0.39 is 8.07 Å². The minimum atomic E-state index is -1.23. The van der Waals surface area contributed by atoms with Crippen molar-refractivity contribution in [2.24, 2.45) is 0 Å². The first-order valence-corrected chi connectivity index (χ1v) is 26.5. The molecule has 3 aromatic heterocycles. The molecule has 3 heterocycles. The van der Waals surface area contributed by atoms with Crippen molar-refractivity contribution in [3.63, 3.8) is 0 Å². The molecule has 0 bridgehead atoms. The zero-order valence-electron chi connectivity index (χ0n) is 39.1. The summed E-state index contributed by atoms with van der Waals surface area (Å²) >= 11 is 0. The molecular formula is C61H53IrN3OSi-2. The van der Waals surface area contributed by atoms with Crippen LogP contribution >= 0.6 is 0 Å². The number of benzene rings is 8. The Labute approximate surface area is 408 Å². The summed E-state index contributed by atoms with van der Waals surface area (Å²) in [6.07, 6.45) is 2.02. The second kappa shape index (κ2) is 18.9. The Hall–Kier alpha value is -6.69. The quantitative estimate of drug-likeness (QED) is 0.113. The molecule has 0 spiro atoms. The number of hydrogen-bond donors (Lipinski definition) is 0. The minimum Gasteiger partial charge on any atom is -0.501 e. The van der Waals surface area contributed by atoms with Crippen LogP contribution in [0.15, 0.2) is 187 Å². The van der Waals surface area contributed by atoms with Gasteiger partial charge in [-0.2, -0.15) is 0 Å². The van der Waals surface area contributed by atoms with Crippen LogP contribution in [0.3, 0.4) is 0 Å². The normalized spacial score (nSPS) is 11.7. The zero-order valence-corrected chi connectivity index (χ0v) is 42.5. The van der Waals surface area contributed by atoms with E-state index in [1.165, 1.54) is 43.9 Å². The Morgan fingerprint density at radius 2 is 1.24 bits per heavy atom. The Morgan fingerprint density at radius 1 is 0.567 bits per heavy atom. The van der Waals surface area contributed by atoms with Crippen LogP contribution in [0.5, 0.6) is 0 Å². The zero-order chi connectivity index (χ0) is 45.5. The van der Waals surface area contributed by atoms with E-state index in [4.69, 9.17) is 9.40 Å². The molecule has 4 nitrogen and oxygen atoms in total. The molecule has 0 amide bonds. The van der Waals surface area contributed by atoms with Gasteiger partial charge in [-0.3, -0.25) is 4.98 Å². The predicted octanol–water partition coefficient (Wildman–Crippen LogP) is 16.2. The number of hydrogen-bond acceptors (Lipinski definition) is 3. The van der Waals surface area contributed by atoms with Crippen LogP contribution in [0, 0.1) is 12.1 Å². The van der Waals surface area contributed by atoms with Gasteiger partial charge in [-0.1, -0.05) is 174 Å². The third-order valence-corrected chi connectivity index (χ3v) is 14.7. The van der Waals surface area contributed by atoms with Gasteiger partial charge in [0.2, 0.25) is 0 Å². The minimum absolute atomic E-state index is 0. The summed E-state index contributed by atoms with van der Waals surface area (Å²) in [4.78, 5) is 9.97. The first-order chi connectivity index (χ1) is 32.0. The summed E-state index contributed by atoms with van der Waals surface area (Å²) in [6.45, 7) is 16.2. The molecule has 333 valence electrons. The van der Waals surface area contributed by atoms with Crippen molar-refractivity contribution >= 4 is 57.0 Å². The van der Waals surface area contributed by atoms with Gasteiger partial charge in [0.15, 0.2) is 0 Å². The Kier molecular flexibility index (Phi) is 12.8. The molecule has 11 rings (SSSR count). The summed E-state index contributed by atoms with van der Waals surface area (Å²) in [7, 11) is -1.23. The van der Waals surface area contributed by atoms with Crippen LogP contribution in [0.4, 0.5) is 0 Å². The molecule has 0 N–H and O–H groups in total. The van der Waals surface area contributed by atoms with Crippen molar-refractivity contribution in [2.45, 2.75) is 59.2 Å². The van der Waals surface area contributed by atoms with Gasteiger partial charge >= 0.3 is 0 Å². The van der Waals surface area contributed by atoms with E-state index in [9.17, 15) is 0 Å². The van der Waals surface area contributed by atoms with Crippen molar-refractivity contribution < 1.29 is 24.5 Å². The van der Waals surface area contributed by atoms with E-state index in [0.717, 1.165) is 66.7 Å². The summed E-state index contributed by atoms with van der Waals surface area (Å²) in [6, 6.07) is 68.6. The third-order valence-electron chi connectivity index (χ3n) is 12.7. The molecule has 6 heteroatoms. The van der Waals surface area contributed by atoms with Gasteiger partial charge in [-0.15, -0.1) is 54.1 Å². The van der Waals surface area contributed by atoms with Crippen LogP contribution in [0.1, 0.15) is 50.7 Å². The van der Waals surface area contributed by atoms with Gasteiger partial charge < -0.3 is 14.0 Å². The number of nitrogens with zero attached hydrogens (tertiary/aromatic N) is 3. The van der Waals surface area contributed by atoms with Crippen molar-refractivity contribution in [2.75, 3.05) is 0 Å². The molecule has 0 aliphatic rings. The molecule has 8 aromatic carbocycles. The fourth-order valence-corrected chi connectivity index (χ4v) is 10.1. The fraction of sp³-hybridized carbons (Fsp3) is 0.148. The van der Waals surface area contributed by atoms with Crippen molar-refractivity contribution in [1.29, 1.82) is 0 Å². The molecule has 0 saturated heterocycles.